The van der Waals surface area contributed by atoms with E-state index < -0.39 is 29.3 Å². The SMILES string of the molecule is CC(=O)NC1(c2noc(CCC(=O)NNC(=O)C(C)Oc3ccccc3F)n2)CCCCCC1. The van der Waals surface area contributed by atoms with Gasteiger partial charge in [-0.05, 0) is 31.9 Å². The molecule has 0 aliphatic heterocycles. The van der Waals surface area contributed by atoms with Crippen molar-refractivity contribution in [2.75, 3.05) is 0 Å². The Balaban J connectivity index is 1.49. The molecule has 0 spiro atoms. The summed E-state index contributed by atoms with van der Waals surface area (Å²) in [5.74, 6) is -1.23. The van der Waals surface area contributed by atoms with E-state index in [1.165, 1.54) is 32.0 Å². The largest absolute Gasteiger partial charge is 0.478 e. The van der Waals surface area contributed by atoms with Crippen LogP contribution in [0.1, 0.15) is 70.5 Å². The van der Waals surface area contributed by atoms with Crippen LogP contribution in [0.3, 0.4) is 0 Å². The van der Waals surface area contributed by atoms with Crippen LogP contribution < -0.4 is 20.9 Å². The van der Waals surface area contributed by atoms with E-state index in [0.29, 0.717) is 5.82 Å². The number of nitrogens with one attached hydrogen (secondary N) is 3. The lowest BCUT2D eigenvalue weighted by atomic mass is 9.89. The number of halogens is 1. The van der Waals surface area contributed by atoms with Crippen LogP contribution in [-0.2, 0) is 26.3 Å². The minimum Gasteiger partial charge on any atom is -0.478 e. The third kappa shape index (κ3) is 6.75. The molecule has 11 heteroatoms. The highest BCUT2D eigenvalue weighted by Gasteiger charge is 2.38. The number of carbonyl (C=O) groups is 3. The number of carbonyl (C=O) groups excluding carboxylic acids is 3. The standard InChI is InChI=1S/C23H30FN5O5/c1-15(33-18-10-6-5-9-17(18)24)21(32)28-27-19(31)11-12-20-25-22(29-34-20)23(26-16(2)30)13-7-3-4-8-14-23/h5-6,9-10,15H,3-4,7-8,11-14H2,1-2H3,(H,26,30)(H,27,31)(H,28,32). The van der Waals surface area contributed by atoms with E-state index in [9.17, 15) is 18.8 Å². The van der Waals surface area contributed by atoms with Gasteiger partial charge in [-0.25, -0.2) is 4.39 Å². The number of rotatable bonds is 8. The van der Waals surface area contributed by atoms with Crippen LogP contribution in [0.25, 0.3) is 0 Å². The number of hydrazine groups is 1. The lowest BCUT2D eigenvalue weighted by Gasteiger charge is -2.30. The lowest BCUT2D eigenvalue weighted by Crippen LogP contribution is -2.47. The molecule has 3 amide bonds. The summed E-state index contributed by atoms with van der Waals surface area (Å²) in [5.41, 5.74) is 3.88. The summed E-state index contributed by atoms with van der Waals surface area (Å²) >= 11 is 0. The first-order valence-electron chi connectivity index (χ1n) is 11.4. The Kier molecular flexibility index (Phi) is 8.55. The van der Waals surface area contributed by atoms with Gasteiger partial charge in [-0.3, -0.25) is 25.2 Å². The Morgan fingerprint density at radius 2 is 1.85 bits per heavy atom. The number of benzene rings is 1. The van der Waals surface area contributed by atoms with E-state index in [-0.39, 0.29) is 30.4 Å². The van der Waals surface area contributed by atoms with Crippen LogP contribution in [0.2, 0.25) is 0 Å². The molecule has 1 saturated carbocycles. The smallest absolute Gasteiger partial charge is 0.279 e. The van der Waals surface area contributed by atoms with Crippen molar-refractivity contribution < 1.29 is 28.0 Å². The molecule has 1 aromatic heterocycles. The van der Waals surface area contributed by atoms with Crippen molar-refractivity contribution in [3.8, 4) is 5.75 Å². The fourth-order valence-electron chi connectivity index (χ4n) is 3.92. The van der Waals surface area contributed by atoms with Crippen LogP contribution >= 0.6 is 0 Å². The molecule has 1 unspecified atom stereocenters. The van der Waals surface area contributed by atoms with E-state index in [1.807, 2.05) is 0 Å². The summed E-state index contributed by atoms with van der Waals surface area (Å²) in [6.07, 6.45) is 4.64. The summed E-state index contributed by atoms with van der Waals surface area (Å²) < 4.78 is 24.2. The molecule has 1 heterocycles. The van der Waals surface area contributed by atoms with E-state index in [4.69, 9.17) is 9.26 Å². The molecule has 34 heavy (non-hydrogen) atoms. The number of amides is 3. The van der Waals surface area contributed by atoms with Crippen molar-refractivity contribution in [3.05, 3.63) is 41.8 Å². The Labute approximate surface area is 197 Å². The molecule has 1 aliphatic carbocycles. The van der Waals surface area contributed by atoms with Gasteiger partial charge in [-0.2, -0.15) is 4.98 Å². The number of aryl methyl sites for hydroxylation is 1. The molecule has 0 bridgehead atoms. The first-order chi connectivity index (χ1) is 16.3. The predicted molar refractivity (Wildman–Crippen MR) is 119 cm³/mol. The number of ether oxygens (including phenoxy) is 1. The van der Waals surface area contributed by atoms with Gasteiger partial charge in [0, 0.05) is 19.8 Å². The highest BCUT2D eigenvalue weighted by Crippen LogP contribution is 2.34. The Hall–Kier alpha value is -3.50. The van der Waals surface area contributed by atoms with Gasteiger partial charge in [0.2, 0.25) is 17.7 Å². The van der Waals surface area contributed by atoms with Crippen LogP contribution in [0.15, 0.2) is 28.8 Å². The molecule has 184 valence electrons. The van der Waals surface area contributed by atoms with Crippen molar-refractivity contribution in [2.45, 2.75) is 76.9 Å². The molecule has 0 radical (unpaired) electrons. The summed E-state index contributed by atoms with van der Waals surface area (Å²) in [5, 5.41) is 7.09. The lowest BCUT2D eigenvalue weighted by molar-refractivity contribution is -0.132. The molecule has 1 aliphatic rings. The van der Waals surface area contributed by atoms with Crippen molar-refractivity contribution in [3.63, 3.8) is 0 Å². The second-order valence-corrected chi connectivity index (χ2v) is 8.42. The van der Waals surface area contributed by atoms with E-state index >= 15 is 0 Å². The van der Waals surface area contributed by atoms with Gasteiger partial charge in [-0.15, -0.1) is 0 Å². The number of hydrogen-bond acceptors (Lipinski definition) is 7. The monoisotopic (exact) mass is 475 g/mol. The van der Waals surface area contributed by atoms with Crippen molar-refractivity contribution in [1.29, 1.82) is 0 Å². The topological polar surface area (TPSA) is 135 Å². The van der Waals surface area contributed by atoms with Crippen LogP contribution in [-0.4, -0.2) is 34.0 Å². The summed E-state index contributed by atoms with van der Waals surface area (Å²) in [6.45, 7) is 2.90. The highest BCUT2D eigenvalue weighted by molar-refractivity contribution is 5.84. The molecular formula is C23H30FN5O5. The molecule has 2 aromatic rings. The van der Waals surface area contributed by atoms with Crippen molar-refractivity contribution >= 4 is 17.7 Å². The molecule has 1 aromatic carbocycles. The number of nitrogens with zero attached hydrogens (tertiary/aromatic N) is 2. The summed E-state index contributed by atoms with van der Waals surface area (Å²) in [7, 11) is 0. The number of para-hydroxylation sites is 1. The van der Waals surface area contributed by atoms with Crippen LogP contribution in [0.5, 0.6) is 5.75 Å². The van der Waals surface area contributed by atoms with Gasteiger partial charge >= 0.3 is 0 Å². The maximum absolute atomic E-state index is 13.6. The second kappa shape index (κ2) is 11.6. The third-order valence-corrected chi connectivity index (χ3v) is 5.67. The molecule has 3 rings (SSSR count). The molecule has 10 nitrogen and oxygen atoms in total. The Morgan fingerprint density at radius 3 is 2.53 bits per heavy atom. The number of hydrogen-bond donors (Lipinski definition) is 3. The van der Waals surface area contributed by atoms with Gasteiger partial charge in [0.1, 0.15) is 5.54 Å². The van der Waals surface area contributed by atoms with Crippen molar-refractivity contribution in [1.82, 2.24) is 26.3 Å². The average molecular weight is 476 g/mol. The maximum Gasteiger partial charge on any atom is 0.279 e. The second-order valence-electron chi connectivity index (χ2n) is 8.42. The maximum atomic E-state index is 13.6. The third-order valence-electron chi connectivity index (χ3n) is 5.67. The van der Waals surface area contributed by atoms with Gasteiger partial charge in [0.25, 0.3) is 5.91 Å². The average Bonchev–Trinajstić information content (AvgIpc) is 3.17. The normalized spacial score (nSPS) is 16.1. The van der Waals surface area contributed by atoms with Crippen molar-refractivity contribution in [2.24, 2.45) is 0 Å². The fraction of sp³-hybridized carbons (Fsp3) is 0.522. The summed E-state index contributed by atoms with van der Waals surface area (Å²) in [4.78, 5) is 40.5. The zero-order chi connectivity index (χ0) is 24.6. The van der Waals surface area contributed by atoms with Gasteiger partial charge < -0.3 is 14.6 Å². The minimum atomic E-state index is -1.03. The fourth-order valence-corrected chi connectivity index (χ4v) is 3.92. The quantitative estimate of drug-likeness (QED) is 0.394. The highest BCUT2D eigenvalue weighted by atomic mass is 19.1. The van der Waals surface area contributed by atoms with E-state index in [0.717, 1.165) is 38.5 Å². The molecule has 1 fully saturated rings. The zero-order valence-corrected chi connectivity index (χ0v) is 19.4. The molecule has 0 saturated heterocycles. The first-order valence-corrected chi connectivity index (χ1v) is 11.4. The Morgan fingerprint density at radius 1 is 1.15 bits per heavy atom. The molecule has 3 N–H and O–H groups in total. The Bertz CT molecular complexity index is 1000. The molecule has 1 atom stereocenters. The number of aromatic nitrogens is 2. The van der Waals surface area contributed by atoms with E-state index in [1.54, 1.807) is 6.07 Å². The first kappa shape index (κ1) is 25.1. The van der Waals surface area contributed by atoms with Gasteiger partial charge in [0.15, 0.2) is 23.5 Å². The van der Waals surface area contributed by atoms with Crippen LogP contribution in [0.4, 0.5) is 4.39 Å². The zero-order valence-electron chi connectivity index (χ0n) is 19.4. The summed E-state index contributed by atoms with van der Waals surface area (Å²) in [6, 6.07) is 5.72. The van der Waals surface area contributed by atoms with E-state index in [2.05, 4.69) is 26.3 Å². The van der Waals surface area contributed by atoms with Crippen LogP contribution in [0, 0.1) is 5.82 Å². The minimum absolute atomic E-state index is 0.0163. The van der Waals surface area contributed by atoms with Gasteiger partial charge in [-0.1, -0.05) is 43.0 Å². The predicted octanol–water partition coefficient (Wildman–Crippen LogP) is 2.44. The molecular weight excluding hydrogens is 445 g/mol. The van der Waals surface area contributed by atoms with Gasteiger partial charge in [0.05, 0.1) is 0 Å².